The first kappa shape index (κ1) is 20.0. The Morgan fingerprint density at radius 1 is 0.636 bits per heavy atom. The maximum absolute atomic E-state index is 6.36. The number of fused-ring (bicyclic) bond motifs is 4. The summed E-state index contributed by atoms with van der Waals surface area (Å²) in [5.41, 5.74) is 12.5. The maximum Gasteiger partial charge on any atom is 0.335 e. The number of ether oxygens (including phenoxy) is 1. The van der Waals surface area contributed by atoms with Crippen molar-refractivity contribution in [3.8, 4) is 11.5 Å². The molecule has 0 N–H and O–H groups in total. The van der Waals surface area contributed by atoms with Crippen molar-refractivity contribution in [2.75, 3.05) is 16.8 Å². The van der Waals surface area contributed by atoms with E-state index in [0.29, 0.717) is 0 Å². The summed E-state index contributed by atoms with van der Waals surface area (Å²) in [5.74, 6) is 1.86. The second-order valence-corrected chi connectivity index (χ2v) is 9.41. The van der Waals surface area contributed by atoms with Crippen LogP contribution in [-0.4, -0.2) is 13.9 Å². The summed E-state index contributed by atoms with van der Waals surface area (Å²) in [5, 5.41) is 0. The number of anilines is 4. The molecule has 2 aliphatic heterocycles. The van der Waals surface area contributed by atoms with Crippen molar-refractivity contribution >= 4 is 40.5 Å². The van der Waals surface area contributed by atoms with Crippen molar-refractivity contribution in [2.24, 2.45) is 0 Å². The van der Waals surface area contributed by atoms with Gasteiger partial charge in [-0.05, 0) is 85.1 Å². The Bertz CT molecular complexity index is 1320. The van der Waals surface area contributed by atoms with Gasteiger partial charge in [0.05, 0.1) is 22.7 Å². The monoisotopic (exact) mass is 430 g/mol. The number of rotatable bonds is 1. The van der Waals surface area contributed by atoms with Crippen LogP contribution in [0.4, 0.5) is 22.7 Å². The van der Waals surface area contributed by atoms with Crippen LogP contribution in [0, 0.1) is 27.7 Å². The molecule has 0 unspecified atom stereocenters. The number of nitrogens with zero attached hydrogens (tertiary/aromatic N) is 2. The molecular weight excluding hydrogens is 403 g/mol. The molecule has 0 atom stereocenters. The van der Waals surface area contributed by atoms with Crippen molar-refractivity contribution in [2.45, 2.75) is 27.7 Å². The lowest BCUT2D eigenvalue weighted by Crippen LogP contribution is -2.58. The molecule has 0 spiro atoms. The Kier molecular flexibility index (Phi) is 4.35. The second kappa shape index (κ2) is 7.18. The fraction of sp³-hybridized carbons (Fsp3) is 0.172. The minimum atomic E-state index is 0.0140. The lowest BCUT2D eigenvalue weighted by atomic mass is 9.47. The predicted molar refractivity (Wildman–Crippen MR) is 140 cm³/mol. The fourth-order valence-electron chi connectivity index (χ4n) is 5.68. The van der Waals surface area contributed by atoms with Crippen LogP contribution >= 0.6 is 0 Å². The third kappa shape index (κ3) is 2.90. The number of para-hydroxylation sites is 2. The van der Waals surface area contributed by atoms with E-state index in [2.05, 4.69) is 117 Å². The molecule has 0 radical (unpaired) electrons. The van der Waals surface area contributed by atoms with E-state index in [9.17, 15) is 0 Å². The van der Waals surface area contributed by atoms with Gasteiger partial charge in [0.15, 0.2) is 0 Å². The van der Waals surface area contributed by atoms with E-state index in [1.807, 2.05) is 0 Å². The lowest BCUT2D eigenvalue weighted by molar-refractivity contribution is 0.487. The van der Waals surface area contributed by atoms with Gasteiger partial charge in [0.25, 0.3) is 0 Å². The van der Waals surface area contributed by atoms with Crippen LogP contribution in [0.25, 0.3) is 0 Å². The van der Waals surface area contributed by atoms with Gasteiger partial charge in [0.1, 0.15) is 11.5 Å². The minimum absolute atomic E-state index is 0.0140. The molecule has 0 amide bonds. The molecule has 0 bridgehead atoms. The van der Waals surface area contributed by atoms with Gasteiger partial charge in [-0.2, -0.15) is 0 Å². The van der Waals surface area contributed by atoms with Crippen LogP contribution in [0.2, 0.25) is 0 Å². The van der Waals surface area contributed by atoms with E-state index < -0.39 is 0 Å². The smallest absolute Gasteiger partial charge is 0.335 e. The molecule has 162 valence electrons. The van der Waals surface area contributed by atoms with Crippen LogP contribution in [0.5, 0.6) is 11.5 Å². The van der Waals surface area contributed by atoms with E-state index in [1.165, 1.54) is 55.9 Å². The zero-order valence-corrected chi connectivity index (χ0v) is 19.8. The van der Waals surface area contributed by atoms with Gasteiger partial charge in [-0.25, -0.2) is 0 Å². The van der Waals surface area contributed by atoms with Crippen LogP contribution in [0.3, 0.4) is 0 Å². The Labute approximate surface area is 196 Å². The fourth-order valence-corrected chi connectivity index (χ4v) is 5.68. The summed E-state index contributed by atoms with van der Waals surface area (Å²) in [6, 6.07) is 26.1. The first-order chi connectivity index (χ1) is 15.9. The van der Waals surface area contributed by atoms with E-state index in [4.69, 9.17) is 4.74 Å². The molecule has 2 aliphatic rings. The molecule has 4 aromatic carbocycles. The van der Waals surface area contributed by atoms with E-state index in [-0.39, 0.29) is 6.85 Å². The zero-order chi connectivity index (χ0) is 22.9. The molecule has 6 rings (SSSR count). The van der Waals surface area contributed by atoms with Gasteiger partial charge < -0.3 is 14.4 Å². The minimum Gasteiger partial charge on any atom is -0.458 e. The zero-order valence-electron chi connectivity index (χ0n) is 19.8. The molecule has 4 aromatic rings. The Balaban J connectivity index is 1.73. The summed E-state index contributed by atoms with van der Waals surface area (Å²) < 4.78 is 6.36. The van der Waals surface area contributed by atoms with Crippen molar-refractivity contribution in [3.63, 3.8) is 0 Å². The quantitative estimate of drug-likeness (QED) is 0.342. The highest BCUT2D eigenvalue weighted by atomic mass is 16.5. The highest BCUT2D eigenvalue weighted by molar-refractivity contribution is 6.91. The third-order valence-corrected chi connectivity index (χ3v) is 6.96. The van der Waals surface area contributed by atoms with Gasteiger partial charge in [-0.15, -0.1) is 0 Å². The Morgan fingerprint density at radius 2 is 1.09 bits per heavy atom. The summed E-state index contributed by atoms with van der Waals surface area (Å²) >= 11 is 0. The van der Waals surface area contributed by atoms with Crippen LogP contribution in [0.1, 0.15) is 22.3 Å². The van der Waals surface area contributed by atoms with Gasteiger partial charge in [0.2, 0.25) is 0 Å². The molecule has 0 saturated heterocycles. The second-order valence-electron chi connectivity index (χ2n) is 9.41. The average molecular weight is 430 g/mol. The van der Waals surface area contributed by atoms with Crippen LogP contribution < -0.4 is 25.4 Å². The van der Waals surface area contributed by atoms with Crippen molar-refractivity contribution < 1.29 is 4.74 Å². The number of aryl methyl sites for hydroxylation is 4. The molecule has 0 aliphatic carbocycles. The van der Waals surface area contributed by atoms with Crippen LogP contribution in [0.15, 0.2) is 72.8 Å². The standard InChI is InChI=1S/C29H27BN2O/c1-18-14-20(3)28-24(16-18)31(5)25-17-19(2)15-21(4)29(25)32(28)30-22-10-6-8-12-26(22)33-27-13-9-7-11-23(27)30/h6-17H,1-5H3. The van der Waals surface area contributed by atoms with Gasteiger partial charge in [-0.3, -0.25) is 0 Å². The highest BCUT2D eigenvalue weighted by Gasteiger charge is 2.42. The van der Waals surface area contributed by atoms with Crippen molar-refractivity contribution in [1.82, 2.24) is 0 Å². The summed E-state index contributed by atoms with van der Waals surface area (Å²) in [6.07, 6.45) is 0. The topological polar surface area (TPSA) is 15.7 Å². The predicted octanol–water partition coefficient (Wildman–Crippen LogP) is 6.05. The molecular formula is C29H27BN2O. The Hall–Kier alpha value is -3.66. The molecule has 33 heavy (non-hydrogen) atoms. The summed E-state index contributed by atoms with van der Waals surface area (Å²) in [4.78, 5) is 4.92. The largest absolute Gasteiger partial charge is 0.458 e. The first-order valence-electron chi connectivity index (χ1n) is 11.5. The lowest BCUT2D eigenvalue weighted by Gasteiger charge is -2.45. The summed E-state index contributed by atoms with van der Waals surface area (Å²) in [6.45, 7) is 8.85. The van der Waals surface area contributed by atoms with Crippen LogP contribution in [-0.2, 0) is 0 Å². The highest BCUT2D eigenvalue weighted by Crippen LogP contribution is 2.51. The van der Waals surface area contributed by atoms with Gasteiger partial charge in [0, 0.05) is 7.05 Å². The van der Waals surface area contributed by atoms with Crippen molar-refractivity contribution in [3.05, 3.63) is 95.1 Å². The number of hydrogen-bond acceptors (Lipinski definition) is 3. The molecule has 0 aromatic heterocycles. The molecule has 0 saturated carbocycles. The molecule has 2 heterocycles. The maximum atomic E-state index is 6.36. The summed E-state index contributed by atoms with van der Waals surface area (Å²) in [7, 11) is 2.19. The third-order valence-electron chi connectivity index (χ3n) is 6.96. The van der Waals surface area contributed by atoms with Gasteiger partial charge >= 0.3 is 6.85 Å². The van der Waals surface area contributed by atoms with E-state index in [0.717, 1.165) is 11.5 Å². The molecule has 3 nitrogen and oxygen atoms in total. The molecule has 4 heteroatoms. The van der Waals surface area contributed by atoms with Gasteiger partial charge in [-0.1, -0.05) is 48.5 Å². The normalized spacial score (nSPS) is 13.7. The first-order valence-corrected chi connectivity index (χ1v) is 11.5. The van der Waals surface area contributed by atoms with E-state index >= 15 is 0 Å². The number of benzene rings is 4. The van der Waals surface area contributed by atoms with Crippen molar-refractivity contribution in [1.29, 1.82) is 0 Å². The molecule has 0 fully saturated rings. The number of hydrogen-bond donors (Lipinski definition) is 0. The Morgan fingerprint density at radius 3 is 1.58 bits per heavy atom. The average Bonchev–Trinajstić information content (AvgIpc) is 2.79. The van der Waals surface area contributed by atoms with E-state index in [1.54, 1.807) is 0 Å². The SMILES string of the molecule is Cc1cc(C)c2c(c1)N(C)c1cc(C)cc(C)c1N2B1c2ccccc2Oc2ccccc21.